The molecule has 1 fully saturated rings. The minimum Gasteiger partial charge on any atom is -0.496 e. The molecular formula is C17H25FN2O2. The third kappa shape index (κ3) is 3.77. The highest BCUT2D eigenvalue weighted by Gasteiger charge is 2.33. The molecule has 0 spiro atoms. The summed E-state index contributed by atoms with van der Waals surface area (Å²) >= 11 is 0. The van der Waals surface area contributed by atoms with Crippen molar-refractivity contribution in [2.45, 2.75) is 45.2 Å². The largest absolute Gasteiger partial charge is 0.496 e. The number of carbonyl (C=O) groups excluding carboxylic acids is 1. The van der Waals surface area contributed by atoms with Crippen molar-refractivity contribution in [3.8, 4) is 5.75 Å². The van der Waals surface area contributed by atoms with E-state index in [0.717, 1.165) is 25.9 Å². The van der Waals surface area contributed by atoms with E-state index in [1.165, 1.54) is 25.3 Å². The van der Waals surface area contributed by atoms with E-state index in [4.69, 9.17) is 4.74 Å². The number of piperidine rings is 1. The third-order valence-corrected chi connectivity index (χ3v) is 4.45. The molecule has 1 saturated heterocycles. The van der Waals surface area contributed by atoms with E-state index in [2.05, 4.69) is 24.1 Å². The Labute approximate surface area is 131 Å². The van der Waals surface area contributed by atoms with E-state index in [1.807, 2.05) is 6.92 Å². The van der Waals surface area contributed by atoms with Crippen molar-refractivity contribution in [3.05, 3.63) is 29.6 Å². The lowest BCUT2D eigenvalue weighted by atomic mass is 9.88. The monoisotopic (exact) mass is 308 g/mol. The Hall–Kier alpha value is -1.62. The summed E-state index contributed by atoms with van der Waals surface area (Å²) in [7, 11) is 1.48. The van der Waals surface area contributed by atoms with E-state index < -0.39 is 5.82 Å². The number of halogens is 1. The second-order valence-corrected chi connectivity index (χ2v) is 6.49. The van der Waals surface area contributed by atoms with Crippen LogP contribution < -0.4 is 10.1 Å². The van der Waals surface area contributed by atoms with E-state index in [0.29, 0.717) is 11.8 Å². The molecule has 1 aromatic rings. The zero-order valence-electron chi connectivity index (χ0n) is 13.8. The van der Waals surface area contributed by atoms with Gasteiger partial charge in [-0.25, -0.2) is 4.39 Å². The van der Waals surface area contributed by atoms with E-state index in [9.17, 15) is 9.18 Å². The fraction of sp³-hybridized carbons (Fsp3) is 0.588. The van der Waals surface area contributed by atoms with Gasteiger partial charge < -0.3 is 15.0 Å². The van der Waals surface area contributed by atoms with Crippen molar-refractivity contribution in [2.75, 3.05) is 20.2 Å². The second kappa shape index (κ2) is 6.65. The van der Waals surface area contributed by atoms with Gasteiger partial charge in [-0.15, -0.1) is 0 Å². The maximum absolute atomic E-state index is 13.4. The van der Waals surface area contributed by atoms with Gasteiger partial charge in [-0.3, -0.25) is 4.79 Å². The summed E-state index contributed by atoms with van der Waals surface area (Å²) in [5, 5.41) is 3.06. The minimum atomic E-state index is -0.439. The van der Waals surface area contributed by atoms with Gasteiger partial charge in [0.15, 0.2) is 0 Å². The molecule has 5 heteroatoms. The Balaban J connectivity index is 2.07. The summed E-state index contributed by atoms with van der Waals surface area (Å²) in [4.78, 5) is 14.9. The normalized spacial score (nSPS) is 18.3. The van der Waals surface area contributed by atoms with E-state index in [1.54, 1.807) is 0 Å². The number of nitrogens with one attached hydrogen (secondary N) is 1. The fourth-order valence-corrected chi connectivity index (χ4v) is 2.86. The highest BCUT2D eigenvalue weighted by Crippen LogP contribution is 2.25. The van der Waals surface area contributed by atoms with E-state index >= 15 is 0 Å². The molecule has 0 atom stereocenters. The number of hydrogen-bond donors (Lipinski definition) is 1. The number of methoxy groups -OCH3 is 1. The SMILES string of the molecule is COc1ccc(F)cc1C(=O)NC1(C)CCN(C(C)C)CC1. The fourth-order valence-electron chi connectivity index (χ4n) is 2.86. The summed E-state index contributed by atoms with van der Waals surface area (Å²) in [6.07, 6.45) is 1.77. The van der Waals surface area contributed by atoms with Crippen molar-refractivity contribution >= 4 is 5.91 Å². The maximum atomic E-state index is 13.4. The van der Waals surface area contributed by atoms with Gasteiger partial charge in [0, 0.05) is 24.7 Å². The molecule has 1 amide bonds. The summed E-state index contributed by atoms with van der Waals surface area (Å²) < 4.78 is 18.6. The van der Waals surface area contributed by atoms with Gasteiger partial charge in [-0.1, -0.05) is 0 Å². The van der Waals surface area contributed by atoms with Crippen LogP contribution in [0.15, 0.2) is 18.2 Å². The number of rotatable bonds is 4. The molecule has 122 valence electrons. The topological polar surface area (TPSA) is 41.6 Å². The smallest absolute Gasteiger partial charge is 0.255 e. The quantitative estimate of drug-likeness (QED) is 0.930. The van der Waals surface area contributed by atoms with Crippen LogP contribution in [-0.2, 0) is 0 Å². The highest BCUT2D eigenvalue weighted by molar-refractivity contribution is 5.97. The molecule has 0 saturated carbocycles. The maximum Gasteiger partial charge on any atom is 0.255 e. The Morgan fingerprint density at radius 3 is 2.55 bits per heavy atom. The average molecular weight is 308 g/mol. The van der Waals surface area contributed by atoms with Gasteiger partial charge in [0.1, 0.15) is 11.6 Å². The Kier molecular flexibility index (Phi) is 5.06. The lowest BCUT2D eigenvalue weighted by Crippen LogP contribution is -2.54. The van der Waals surface area contributed by atoms with Gasteiger partial charge >= 0.3 is 0 Å². The molecule has 0 aliphatic carbocycles. The summed E-state index contributed by atoms with van der Waals surface area (Å²) in [5.74, 6) is -0.329. The lowest BCUT2D eigenvalue weighted by molar-refractivity contribution is 0.0798. The molecule has 1 aromatic carbocycles. The van der Waals surface area contributed by atoms with Crippen LogP contribution in [0.3, 0.4) is 0 Å². The standard InChI is InChI=1S/C17H25FN2O2/c1-12(2)20-9-7-17(3,8-10-20)19-16(21)14-11-13(18)5-6-15(14)22-4/h5-6,11-12H,7-10H2,1-4H3,(H,19,21). The zero-order valence-corrected chi connectivity index (χ0v) is 13.8. The van der Waals surface area contributed by atoms with E-state index in [-0.39, 0.29) is 17.0 Å². The van der Waals surface area contributed by atoms with Crippen LogP contribution in [0.1, 0.15) is 44.0 Å². The second-order valence-electron chi connectivity index (χ2n) is 6.49. The number of amides is 1. The molecule has 1 aliphatic heterocycles. The first-order valence-electron chi connectivity index (χ1n) is 7.75. The van der Waals surface area contributed by atoms with Crippen LogP contribution in [0.2, 0.25) is 0 Å². The predicted molar refractivity (Wildman–Crippen MR) is 84.8 cm³/mol. The number of hydrogen-bond acceptors (Lipinski definition) is 3. The van der Waals surface area contributed by atoms with Crippen LogP contribution in [0.25, 0.3) is 0 Å². The Morgan fingerprint density at radius 1 is 1.36 bits per heavy atom. The number of nitrogens with zero attached hydrogens (tertiary/aromatic N) is 1. The van der Waals surface area contributed by atoms with Gasteiger partial charge in [0.05, 0.1) is 12.7 Å². The number of benzene rings is 1. The third-order valence-electron chi connectivity index (χ3n) is 4.45. The average Bonchev–Trinajstić information content (AvgIpc) is 2.47. The first-order chi connectivity index (χ1) is 10.3. The molecule has 0 aromatic heterocycles. The molecular weight excluding hydrogens is 283 g/mol. The van der Waals surface area contributed by atoms with Gasteiger partial charge in [-0.2, -0.15) is 0 Å². The molecule has 2 rings (SSSR count). The van der Waals surface area contributed by atoms with Crippen LogP contribution in [0.5, 0.6) is 5.75 Å². The Bertz CT molecular complexity index is 537. The van der Waals surface area contributed by atoms with Gasteiger partial charge in [-0.05, 0) is 51.8 Å². The summed E-state index contributed by atoms with van der Waals surface area (Å²) in [5.41, 5.74) is -0.0187. The number of likely N-dealkylation sites (tertiary alicyclic amines) is 1. The number of carbonyl (C=O) groups is 1. The van der Waals surface area contributed by atoms with Crippen molar-refractivity contribution in [3.63, 3.8) is 0 Å². The first-order valence-corrected chi connectivity index (χ1v) is 7.75. The predicted octanol–water partition coefficient (Wildman–Crippen LogP) is 2.83. The minimum absolute atomic E-state index is 0.245. The van der Waals surface area contributed by atoms with Crippen molar-refractivity contribution in [2.24, 2.45) is 0 Å². The molecule has 0 bridgehead atoms. The van der Waals surface area contributed by atoms with Gasteiger partial charge in [0.2, 0.25) is 0 Å². The summed E-state index contributed by atoms with van der Waals surface area (Å²) in [6, 6.07) is 4.51. The number of ether oxygens (including phenoxy) is 1. The molecule has 1 heterocycles. The lowest BCUT2D eigenvalue weighted by Gasteiger charge is -2.41. The molecule has 0 unspecified atom stereocenters. The highest BCUT2D eigenvalue weighted by atomic mass is 19.1. The van der Waals surface area contributed by atoms with Crippen LogP contribution in [0.4, 0.5) is 4.39 Å². The van der Waals surface area contributed by atoms with Gasteiger partial charge in [0.25, 0.3) is 5.91 Å². The van der Waals surface area contributed by atoms with Crippen LogP contribution in [0, 0.1) is 5.82 Å². The molecule has 4 nitrogen and oxygen atoms in total. The zero-order chi connectivity index (χ0) is 16.3. The first kappa shape index (κ1) is 16.7. The van der Waals surface area contributed by atoms with Crippen molar-refractivity contribution in [1.82, 2.24) is 10.2 Å². The summed E-state index contributed by atoms with van der Waals surface area (Å²) in [6.45, 7) is 8.31. The molecule has 0 radical (unpaired) electrons. The molecule has 1 N–H and O–H groups in total. The van der Waals surface area contributed by atoms with Crippen LogP contribution in [-0.4, -0.2) is 42.6 Å². The van der Waals surface area contributed by atoms with Crippen molar-refractivity contribution in [1.29, 1.82) is 0 Å². The molecule has 22 heavy (non-hydrogen) atoms. The molecule has 1 aliphatic rings. The Morgan fingerprint density at radius 2 is 2.00 bits per heavy atom. The van der Waals surface area contributed by atoms with Crippen molar-refractivity contribution < 1.29 is 13.9 Å². The van der Waals surface area contributed by atoms with Crippen LogP contribution >= 0.6 is 0 Å².